The van der Waals surface area contributed by atoms with Gasteiger partial charge in [-0.05, 0) is 37.0 Å². The van der Waals surface area contributed by atoms with E-state index in [1.54, 1.807) is 24.1 Å². The number of ether oxygens (including phenoxy) is 2. The van der Waals surface area contributed by atoms with Crippen LogP contribution in [0.1, 0.15) is 24.8 Å². The van der Waals surface area contributed by atoms with Crippen molar-refractivity contribution < 1.29 is 19.1 Å². The molecule has 2 amide bonds. The summed E-state index contributed by atoms with van der Waals surface area (Å²) in [5.74, 6) is 0.995. The van der Waals surface area contributed by atoms with Gasteiger partial charge in [-0.25, -0.2) is 0 Å². The number of para-hydroxylation sites is 2. The van der Waals surface area contributed by atoms with Crippen LogP contribution in [-0.2, 0) is 16.0 Å². The van der Waals surface area contributed by atoms with Crippen molar-refractivity contribution in [3.8, 4) is 11.5 Å². The minimum atomic E-state index is -0.101. The third-order valence-corrected chi connectivity index (χ3v) is 4.89. The first-order valence-electron chi connectivity index (χ1n) is 10.0. The lowest BCUT2D eigenvalue weighted by molar-refractivity contribution is -0.134. The molecule has 0 atom stereocenters. The Labute approximate surface area is 171 Å². The van der Waals surface area contributed by atoms with Crippen molar-refractivity contribution >= 4 is 11.8 Å². The molecule has 1 N–H and O–H groups in total. The summed E-state index contributed by atoms with van der Waals surface area (Å²) >= 11 is 0. The first-order chi connectivity index (χ1) is 14.2. The van der Waals surface area contributed by atoms with Crippen molar-refractivity contribution in [2.45, 2.75) is 31.7 Å². The normalized spacial score (nSPS) is 12.9. The number of carbonyl (C=O) groups is 2. The van der Waals surface area contributed by atoms with Gasteiger partial charge in [0.1, 0.15) is 0 Å². The number of amides is 2. The SMILES string of the molecule is COc1ccccc1OCC(=O)N(CCC(=O)NCCc1ccccc1)C1CC1. The first-order valence-corrected chi connectivity index (χ1v) is 10.0. The predicted molar refractivity (Wildman–Crippen MR) is 111 cm³/mol. The summed E-state index contributed by atoms with van der Waals surface area (Å²) in [6, 6.07) is 17.5. The van der Waals surface area contributed by atoms with Gasteiger partial charge in [-0.15, -0.1) is 0 Å². The fourth-order valence-electron chi connectivity index (χ4n) is 3.16. The molecule has 2 aromatic carbocycles. The fourth-order valence-corrected chi connectivity index (χ4v) is 3.16. The van der Waals surface area contributed by atoms with E-state index in [1.165, 1.54) is 5.56 Å². The number of nitrogens with one attached hydrogen (secondary N) is 1. The topological polar surface area (TPSA) is 67.9 Å². The zero-order valence-electron chi connectivity index (χ0n) is 16.8. The van der Waals surface area contributed by atoms with Crippen molar-refractivity contribution in [1.29, 1.82) is 0 Å². The number of nitrogens with zero attached hydrogens (tertiary/aromatic N) is 1. The second-order valence-electron chi connectivity index (χ2n) is 7.09. The molecule has 0 radical (unpaired) electrons. The van der Waals surface area contributed by atoms with Crippen LogP contribution in [0.4, 0.5) is 0 Å². The molecule has 0 aliphatic heterocycles. The molecule has 0 aromatic heterocycles. The second-order valence-corrected chi connectivity index (χ2v) is 7.09. The summed E-state index contributed by atoms with van der Waals surface area (Å²) in [7, 11) is 1.57. The van der Waals surface area contributed by atoms with E-state index in [2.05, 4.69) is 5.32 Å². The van der Waals surface area contributed by atoms with Gasteiger partial charge in [0.2, 0.25) is 5.91 Å². The number of benzene rings is 2. The maximum atomic E-state index is 12.6. The molecule has 1 saturated carbocycles. The number of methoxy groups -OCH3 is 1. The van der Waals surface area contributed by atoms with Gasteiger partial charge in [0.05, 0.1) is 7.11 Å². The Morgan fingerprint density at radius 3 is 2.41 bits per heavy atom. The average Bonchev–Trinajstić information content (AvgIpc) is 3.58. The number of hydrogen-bond donors (Lipinski definition) is 1. The molecular formula is C23H28N2O4. The van der Waals surface area contributed by atoms with Gasteiger partial charge in [-0.2, -0.15) is 0 Å². The highest BCUT2D eigenvalue weighted by atomic mass is 16.5. The van der Waals surface area contributed by atoms with Crippen LogP contribution in [0, 0.1) is 0 Å². The standard InChI is InChI=1S/C23H28N2O4/c1-28-20-9-5-6-10-21(20)29-17-23(27)25(19-11-12-19)16-14-22(26)24-15-13-18-7-3-2-4-8-18/h2-10,19H,11-17H2,1H3,(H,24,26). The minimum absolute atomic E-state index is 0.0370. The second kappa shape index (κ2) is 10.5. The van der Waals surface area contributed by atoms with E-state index in [0.29, 0.717) is 31.0 Å². The van der Waals surface area contributed by atoms with Crippen molar-refractivity contribution in [2.75, 3.05) is 26.8 Å². The minimum Gasteiger partial charge on any atom is -0.493 e. The molecule has 2 aromatic rings. The quantitative estimate of drug-likeness (QED) is 0.634. The zero-order chi connectivity index (χ0) is 20.5. The van der Waals surface area contributed by atoms with E-state index < -0.39 is 0 Å². The van der Waals surface area contributed by atoms with Gasteiger partial charge in [-0.3, -0.25) is 9.59 Å². The van der Waals surface area contributed by atoms with E-state index in [4.69, 9.17) is 9.47 Å². The smallest absolute Gasteiger partial charge is 0.260 e. The van der Waals surface area contributed by atoms with E-state index in [0.717, 1.165) is 19.3 Å². The Balaban J connectivity index is 1.42. The Morgan fingerprint density at radius 2 is 1.72 bits per heavy atom. The molecule has 6 nitrogen and oxygen atoms in total. The van der Waals surface area contributed by atoms with Gasteiger partial charge in [0.15, 0.2) is 18.1 Å². The van der Waals surface area contributed by atoms with Crippen LogP contribution < -0.4 is 14.8 Å². The average molecular weight is 396 g/mol. The third kappa shape index (κ3) is 6.52. The van der Waals surface area contributed by atoms with E-state index in [-0.39, 0.29) is 24.5 Å². The summed E-state index contributed by atoms with van der Waals surface area (Å²) in [6.07, 6.45) is 3.06. The maximum absolute atomic E-state index is 12.6. The summed E-state index contributed by atoms with van der Waals surface area (Å²) in [5.41, 5.74) is 1.19. The molecule has 0 spiro atoms. The lowest BCUT2D eigenvalue weighted by Crippen LogP contribution is -2.39. The summed E-state index contributed by atoms with van der Waals surface area (Å²) in [5, 5.41) is 2.93. The van der Waals surface area contributed by atoms with E-state index >= 15 is 0 Å². The highest BCUT2D eigenvalue weighted by Crippen LogP contribution is 2.28. The maximum Gasteiger partial charge on any atom is 0.260 e. The van der Waals surface area contributed by atoms with Crippen LogP contribution in [0.15, 0.2) is 54.6 Å². The molecule has 29 heavy (non-hydrogen) atoms. The van der Waals surface area contributed by atoms with Crippen molar-refractivity contribution in [2.24, 2.45) is 0 Å². The van der Waals surface area contributed by atoms with Crippen molar-refractivity contribution in [3.63, 3.8) is 0 Å². The molecule has 0 saturated heterocycles. The molecule has 0 heterocycles. The van der Waals surface area contributed by atoms with Gasteiger partial charge >= 0.3 is 0 Å². The molecule has 3 rings (SSSR count). The Morgan fingerprint density at radius 1 is 1.03 bits per heavy atom. The molecule has 154 valence electrons. The highest BCUT2D eigenvalue weighted by Gasteiger charge is 2.32. The molecule has 0 bridgehead atoms. The fraction of sp³-hybridized carbons (Fsp3) is 0.391. The third-order valence-electron chi connectivity index (χ3n) is 4.89. The number of carbonyl (C=O) groups excluding carboxylic acids is 2. The van der Waals surface area contributed by atoms with Crippen LogP contribution >= 0.6 is 0 Å². The summed E-state index contributed by atoms with van der Waals surface area (Å²) < 4.78 is 10.9. The molecule has 1 aliphatic carbocycles. The van der Waals surface area contributed by atoms with Crippen LogP contribution in [0.5, 0.6) is 11.5 Å². The van der Waals surface area contributed by atoms with Crippen LogP contribution in [0.2, 0.25) is 0 Å². The van der Waals surface area contributed by atoms with E-state index in [1.807, 2.05) is 42.5 Å². The molecule has 1 fully saturated rings. The van der Waals surface area contributed by atoms with Crippen LogP contribution in [-0.4, -0.2) is 49.6 Å². The van der Waals surface area contributed by atoms with Crippen LogP contribution in [0.25, 0.3) is 0 Å². The number of rotatable bonds is 11. The lowest BCUT2D eigenvalue weighted by atomic mass is 10.1. The van der Waals surface area contributed by atoms with Gasteiger partial charge in [0.25, 0.3) is 5.91 Å². The van der Waals surface area contributed by atoms with Gasteiger partial charge in [-0.1, -0.05) is 42.5 Å². The highest BCUT2D eigenvalue weighted by molar-refractivity contribution is 5.80. The Bertz CT molecular complexity index is 806. The van der Waals surface area contributed by atoms with Crippen molar-refractivity contribution in [3.05, 3.63) is 60.2 Å². The first kappa shape index (κ1) is 20.7. The van der Waals surface area contributed by atoms with Gasteiger partial charge < -0.3 is 19.7 Å². The zero-order valence-corrected chi connectivity index (χ0v) is 16.8. The molecule has 0 unspecified atom stereocenters. The Kier molecular flexibility index (Phi) is 7.50. The Hall–Kier alpha value is -3.02. The summed E-state index contributed by atoms with van der Waals surface area (Å²) in [6.45, 7) is 0.944. The monoisotopic (exact) mass is 396 g/mol. The largest absolute Gasteiger partial charge is 0.493 e. The predicted octanol–water partition coefficient (Wildman–Crippen LogP) is 2.81. The van der Waals surface area contributed by atoms with E-state index in [9.17, 15) is 9.59 Å². The van der Waals surface area contributed by atoms with Crippen LogP contribution in [0.3, 0.4) is 0 Å². The number of hydrogen-bond acceptors (Lipinski definition) is 4. The summed E-state index contributed by atoms with van der Waals surface area (Å²) in [4.78, 5) is 26.6. The lowest BCUT2D eigenvalue weighted by Gasteiger charge is -2.22. The molecule has 6 heteroatoms. The molecule has 1 aliphatic rings. The van der Waals surface area contributed by atoms with Gasteiger partial charge in [0, 0.05) is 25.6 Å². The molecular weight excluding hydrogens is 368 g/mol. The van der Waals surface area contributed by atoms with Crippen molar-refractivity contribution in [1.82, 2.24) is 10.2 Å².